The van der Waals surface area contributed by atoms with E-state index in [0.717, 1.165) is 18.1 Å². The van der Waals surface area contributed by atoms with Crippen molar-refractivity contribution in [1.82, 2.24) is 15.3 Å². The van der Waals surface area contributed by atoms with Crippen molar-refractivity contribution in [1.29, 1.82) is 0 Å². The Hall–Kier alpha value is -1.16. The van der Waals surface area contributed by atoms with Crippen molar-refractivity contribution < 1.29 is 0 Å². The van der Waals surface area contributed by atoms with Gasteiger partial charge in [-0.3, -0.25) is 4.98 Å². The summed E-state index contributed by atoms with van der Waals surface area (Å²) in [5.41, 5.74) is 0.981. The molecule has 1 aromatic rings. The Bertz CT molecular complexity index is 305. The van der Waals surface area contributed by atoms with E-state index in [1.807, 2.05) is 19.4 Å². The van der Waals surface area contributed by atoms with Crippen LogP contribution in [-0.4, -0.2) is 29.1 Å². The summed E-state index contributed by atoms with van der Waals surface area (Å²) in [7, 11) is 2.03. The zero-order valence-corrected chi connectivity index (χ0v) is 10.9. The van der Waals surface area contributed by atoms with Crippen LogP contribution in [-0.2, 0) is 6.54 Å². The van der Waals surface area contributed by atoms with Gasteiger partial charge in [-0.05, 0) is 13.8 Å². The maximum atomic E-state index is 4.40. The van der Waals surface area contributed by atoms with Crippen LogP contribution in [0.1, 0.15) is 33.4 Å². The standard InChI is InChI=1S/C12H22N4/c1-9(2)13-6-11-7-15-12(8-14-11)16(5)10(3)4/h7-10,13H,6H2,1-5H3. The minimum atomic E-state index is 0.439. The molecule has 0 saturated carbocycles. The maximum absolute atomic E-state index is 4.40. The molecule has 1 heterocycles. The summed E-state index contributed by atoms with van der Waals surface area (Å²) >= 11 is 0. The van der Waals surface area contributed by atoms with Gasteiger partial charge < -0.3 is 10.2 Å². The Balaban J connectivity index is 2.61. The lowest BCUT2D eigenvalue weighted by atomic mass is 10.3. The van der Waals surface area contributed by atoms with Gasteiger partial charge in [0.05, 0.1) is 18.1 Å². The molecule has 0 spiro atoms. The maximum Gasteiger partial charge on any atom is 0.147 e. The van der Waals surface area contributed by atoms with E-state index in [-0.39, 0.29) is 0 Å². The highest BCUT2D eigenvalue weighted by atomic mass is 15.2. The summed E-state index contributed by atoms with van der Waals surface area (Å²) in [5, 5.41) is 3.32. The molecule has 90 valence electrons. The van der Waals surface area contributed by atoms with Gasteiger partial charge in [0.2, 0.25) is 0 Å². The van der Waals surface area contributed by atoms with Gasteiger partial charge in [0.1, 0.15) is 5.82 Å². The predicted molar refractivity (Wildman–Crippen MR) is 67.5 cm³/mol. The first kappa shape index (κ1) is 12.9. The topological polar surface area (TPSA) is 41.1 Å². The van der Waals surface area contributed by atoms with E-state index in [1.165, 1.54) is 0 Å². The van der Waals surface area contributed by atoms with Crippen molar-refractivity contribution in [2.75, 3.05) is 11.9 Å². The lowest BCUT2D eigenvalue weighted by molar-refractivity contribution is 0.580. The Morgan fingerprint density at radius 1 is 1.19 bits per heavy atom. The minimum Gasteiger partial charge on any atom is -0.356 e. The van der Waals surface area contributed by atoms with Crippen LogP contribution in [0, 0.1) is 0 Å². The van der Waals surface area contributed by atoms with Crippen LogP contribution >= 0.6 is 0 Å². The van der Waals surface area contributed by atoms with E-state index in [0.29, 0.717) is 12.1 Å². The molecular weight excluding hydrogens is 200 g/mol. The van der Waals surface area contributed by atoms with Crippen LogP contribution < -0.4 is 10.2 Å². The van der Waals surface area contributed by atoms with Crippen LogP contribution in [0.5, 0.6) is 0 Å². The smallest absolute Gasteiger partial charge is 0.147 e. The summed E-state index contributed by atoms with van der Waals surface area (Å²) in [6.07, 6.45) is 3.67. The van der Waals surface area contributed by atoms with Gasteiger partial charge in [0, 0.05) is 25.7 Å². The fourth-order valence-electron chi connectivity index (χ4n) is 1.19. The molecule has 0 radical (unpaired) electrons. The highest BCUT2D eigenvalue weighted by Gasteiger charge is 2.06. The Morgan fingerprint density at radius 3 is 2.31 bits per heavy atom. The Kier molecular flexibility index (Phi) is 4.68. The fourth-order valence-corrected chi connectivity index (χ4v) is 1.19. The van der Waals surface area contributed by atoms with Crippen molar-refractivity contribution in [2.24, 2.45) is 0 Å². The van der Waals surface area contributed by atoms with E-state index in [1.54, 1.807) is 0 Å². The lowest BCUT2D eigenvalue weighted by Crippen LogP contribution is -2.27. The van der Waals surface area contributed by atoms with Crippen molar-refractivity contribution in [3.8, 4) is 0 Å². The van der Waals surface area contributed by atoms with E-state index >= 15 is 0 Å². The lowest BCUT2D eigenvalue weighted by Gasteiger charge is -2.22. The van der Waals surface area contributed by atoms with E-state index in [4.69, 9.17) is 0 Å². The average molecular weight is 222 g/mol. The Labute approximate surface area is 98.1 Å². The number of anilines is 1. The first-order chi connectivity index (χ1) is 7.50. The molecule has 0 bridgehead atoms. The molecule has 16 heavy (non-hydrogen) atoms. The molecule has 0 fully saturated rings. The Morgan fingerprint density at radius 2 is 1.88 bits per heavy atom. The molecule has 0 aliphatic heterocycles. The van der Waals surface area contributed by atoms with E-state index in [9.17, 15) is 0 Å². The van der Waals surface area contributed by atoms with Crippen LogP contribution in [0.4, 0.5) is 5.82 Å². The van der Waals surface area contributed by atoms with Crippen molar-refractivity contribution in [3.05, 3.63) is 18.1 Å². The summed E-state index contributed by atoms with van der Waals surface area (Å²) in [6, 6.07) is 0.911. The molecule has 1 aromatic heterocycles. The largest absolute Gasteiger partial charge is 0.356 e. The third-order valence-corrected chi connectivity index (χ3v) is 2.52. The van der Waals surface area contributed by atoms with Gasteiger partial charge in [0.15, 0.2) is 0 Å². The van der Waals surface area contributed by atoms with Gasteiger partial charge in [-0.2, -0.15) is 0 Å². The minimum absolute atomic E-state index is 0.439. The van der Waals surface area contributed by atoms with E-state index < -0.39 is 0 Å². The second kappa shape index (κ2) is 5.80. The molecule has 0 aliphatic carbocycles. The number of nitrogens with zero attached hydrogens (tertiary/aromatic N) is 3. The molecule has 0 aliphatic rings. The third-order valence-electron chi connectivity index (χ3n) is 2.52. The van der Waals surface area contributed by atoms with Gasteiger partial charge in [0.25, 0.3) is 0 Å². The van der Waals surface area contributed by atoms with Gasteiger partial charge in [-0.15, -0.1) is 0 Å². The number of nitrogens with one attached hydrogen (secondary N) is 1. The van der Waals surface area contributed by atoms with Crippen molar-refractivity contribution in [3.63, 3.8) is 0 Å². The SMILES string of the molecule is CC(C)NCc1cnc(N(C)C(C)C)cn1. The monoisotopic (exact) mass is 222 g/mol. The first-order valence-corrected chi connectivity index (χ1v) is 5.78. The van der Waals surface area contributed by atoms with Crippen molar-refractivity contribution >= 4 is 5.82 Å². The number of hydrogen-bond acceptors (Lipinski definition) is 4. The van der Waals surface area contributed by atoms with Crippen molar-refractivity contribution in [2.45, 2.75) is 46.3 Å². The second-order valence-electron chi connectivity index (χ2n) is 4.61. The van der Waals surface area contributed by atoms with E-state index in [2.05, 4.69) is 47.9 Å². The molecule has 0 aromatic carbocycles. The molecule has 0 amide bonds. The molecule has 1 rings (SSSR count). The van der Waals surface area contributed by atoms with Gasteiger partial charge in [-0.25, -0.2) is 4.98 Å². The quantitative estimate of drug-likeness (QED) is 0.825. The van der Waals surface area contributed by atoms with Crippen LogP contribution in [0.25, 0.3) is 0 Å². The molecule has 0 unspecified atom stereocenters. The van der Waals surface area contributed by atoms with Crippen LogP contribution in [0.2, 0.25) is 0 Å². The fraction of sp³-hybridized carbons (Fsp3) is 0.667. The first-order valence-electron chi connectivity index (χ1n) is 5.78. The second-order valence-corrected chi connectivity index (χ2v) is 4.61. The molecule has 0 saturated heterocycles. The highest BCUT2D eigenvalue weighted by molar-refractivity contribution is 5.35. The number of aromatic nitrogens is 2. The van der Waals surface area contributed by atoms with Crippen LogP contribution in [0.3, 0.4) is 0 Å². The number of hydrogen-bond donors (Lipinski definition) is 1. The molecule has 0 atom stereocenters. The third kappa shape index (κ3) is 3.77. The normalized spacial score (nSPS) is 11.2. The molecule has 1 N–H and O–H groups in total. The molecule has 4 heteroatoms. The zero-order chi connectivity index (χ0) is 12.1. The summed E-state index contributed by atoms with van der Waals surface area (Å²) in [5.74, 6) is 0.920. The predicted octanol–water partition coefficient (Wildman–Crippen LogP) is 1.82. The summed E-state index contributed by atoms with van der Waals surface area (Å²) in [6.45, 7) is 9.28. The van der Waals surface area contributed by atoms with Crippen LogP contribution in [0.15, 0.2) is 12.4 Å². The summed E-state index contributed by atoms with van der Waals surface area (Å²) < 4.78 is 0. The zero-order valence-electron chi connectivity index (χ0n) is 10.9. The average Bonchev–Trinajstić information content (AvgIpc) is 2.26. The summed E-state index contributed by atoms with van der Waals surface area (Å²) in [4.78, 5) is 10.9. The van der Waals surface area contributed by atoms with Gasteiger partial charge in [-0.1, -0.05) is 13.8 Å². The van der Waals surface area contributed by atoms with Gasteiger partial charge >= 0.3 is 0 Å². The molecule has 4 nitrogen and oxygen atoms in total. The number of rotatable bonds is 5. The highest BCUT2D eigenvalue weighted by Crippen LogP contribution is 2.09. The molecular formula is C12H22N4.